The Morgan fingerprint density at radius 1 is 1.27 bits per heavy atom. The molecule has 64 valence electrons. The van der Waals surface area contributed by atoms with Crippen LogP contribution in [-0.4, -0.2) is 22.2 Å². The van der Waals surface area contributed by atoms with Gasteiger partial charge in [0.05, 0.1) is 0 Å². The zero-order valence-corrected chi connectivity index (χ0v) is 9.08. The Labute approximate surface area is 84.7 Å². The number of rotatable bonds is 2. The summed E-state index contributed by atoms with van der Waals surface area (Å²) in [5, 5.41) is 15.3. The molecule has 0 atom stereocenters. The van der Waals surface area contributed by atoms with Gasteiger partial charge in [-0.3, -0.25) is 9.59 Å². The van der Waals surface area contributed by atoms with E-state index in [-0.39, 0.29) is 26.2 Å². The maximum absolute atomic E-state index is 9.60. The first-order chi connectivity index (χ1) is 4.50. The van der Waals surface area contributed by atoms with Gasteiger partial charge in [-0.05, 0) is 6.42 Å². The summed E-state index contributed by atoms with van der Waals surface area (Å²) in [6, 6.07) is 0. The van der Waals surface area contributed by atoms with E-state index in [1.54, 1.807) is 0 Å². The van der Waals surface area contributed by atoms with E-state index in [0.717, 1.165) is 13.3 Å². The number of hydrogen-bond acceptors (Lipinski definition) is 2. The van der Waals surface area contributed by atoms with E-state index in [9.17, 15) is 4.79 Å². The third kappa shape index (κ3) is 75.4. The van der Waals surface area contributed by atoms with Crippen LogP contribution in [0.5, 0.6) is 0 Å². The third-order valence-corrected chi connectivity index (χ3v) is 0.464. The van der Waals surface area contributed by atoms with E-state index in [1.165, 1.54) is 0 Å². The third-order valence-electron chi connectivity index (χ3n) is 0.464. The second-order valence-corrected chi connectivity index (χ2v) is 1.66. The van der Waals surface area contributed by atoms with Gasteiger partial charge in [-0.25, -0.2) is 0 Å². The molecule has 0 heterocycles. The van der Waals surface area contributed by atoms with Crippen LogP contribution >= 0.6 is 0 Å². The van der Waals surface area contributed by atoms with Crippen molar-refractivity contribution in [3.63, 3.8) is 0 Å². The van der Waals surface area contributed by atoms with Gasteiger partial charge in [0.25, 0.3) is 5.97 Å². The molecule has 0 aliphatic rings. The summed E-state index contributed by atoms with van der Waals surface area (Å²) in [5.74, 6) is -1.54. The Hall–Kier alpha value is -0.177. The maximum atomic E-state index is 9.60. The molecule has 0 aliphatic heterocycles. The van der Waals surface area contributed by atoms with Crippen molar-refractivity contribution in [1.29, 1.82) is 0 Å². The van der Waals surface area contributed by atoms with Gasteiger partial charge in [0.2, 0.25) is 0 Å². The Morgan fingerprint density at radius 3 is 1.55 bits per heavy atom. The normalized spacial score (nSPS) is 6.73. The molecule has 2 N–H and O–H groups in total. The first-order valence-electron chi connectivity index (χ1n) is 2.92. The standard InChI is InChI=1S/C4H8O2.C2H4O2.Zr/c1-2-3-4(5)6;1-2(3)4;/h2-3H2,1H3,(H,5,6);1H3,(H,3,4);. The van der Waals surface area contributed by atoms with Crippen molar-refractivity contribution in [3.8, 4) is 0 Å². The van der Waals surface area contributed by atoms with Gasteiger partial charge in [-0.1, -0.05) is 6.92 Å². The summed E-state index contributed by atoms with van der Waals surface area (Å²) < 4.78 is 0. The minimum Gasteiger partial charge on any atom is -0.481 e. The van der Waals surface area contributed by atoms with Crippen molar-refractivity contribution in [2.45, 2.75) is 26.7 Å². The average molecular weight is 239 g/mol. The summed E-state index contributed by atoms with van der Waals surface area (Å²) in [6.07, 6.45) is 1.02. The SMILES string of the molecule is CC(=O)O.CCCC(=O)O.[Zr]. The van der Waals surface area contributed by atoms with Crippen molar-refractivity contribution in [1.82, 2.24) is 0 Å². The summed E-state index contributed by atoms with van der Waals surface area (Å²) in [4.78, 5) is 18.6. The molecule has 0 aromatic heterocycles. The van der Waals surface area contributed by atoms with Crippen molar-refractivity contribution >= 4 is 11.9 Å². The van der Waals surface area contributed by atoms with Crippen LogP contribution in [0.1, 0.15) is 26.7 Å². The largest absolute Gasteiger partial charge is 0.481 e. The predicted molar refractivity (Wildman–Crippen MR) is 35.9 cm³/mol. The summed E-state index contributed by atoms with van der Waals surface area (Å²) in [5.41, 5.74) is 0. The van der Waals surface area contributed by atoms with Crippen LogP contribution in [0, 0.1) is 0 Å². The second kappa shape index (κ2) is 12.5. The van der Waals surface area contributed by atoms with Crippen molar-refractivity contribution < 1.29 is 46.0 Å². The molecule has 0 rings (SSSR count). The fraction of sp³-hybridized carbons (Fsp3) is 0.667. The van der Waals surface area contributed by atoms with Gasteiger partial charge in [0.1, 0.15) is 0 Å². The first-order valence-corrected chi connectivity index (χ1v) is 2.92. The molecule has 0 saturated carbocycles. The molecule has 0 bridgehead atoms. The van der Waals surface area contributed by atoms with E-state index in [2.05, 4.69) is 0 Å². The Bertz CT molecular complexity index is 109. The minimum absolute atomic E-state index is 0. The number of carboxylic acids is 2. The topological polar surface area (TPSA) is 74.6 Å². The van der Waals surface area contributed by atoms with Crippen molar-refractivity contribution in [2.24, 2.45) is 0 Å². The minimum atomic E-state index is -0.833. The molecule has 0 aromatic carbocycles. The van der Waals surface area contributed by atoms with Crippen LogP contribution < -0.4 is 0 Å². The van der Waals surface area contributed by atoms with Gasteiger partial charge in [0.15, 0.2) is 0 Å². The summed E-state index contributed by atoms with van der Waals surface area (Å²) in [7, 11) is 0. The molecule has 5 heteroatoms. The van der Waals surface area contributed by atoms with Gasteiger partial charge in [-0.15, -0.1) is 0 Å². The molecular formula is C6H12O4Zr. The van der Waals surface area contributed by atoms with E-state index >= 15 is 0 Å². The van der Waals surface area contributed by atoms with Gasteiger partial charge in [-0.2, -0.15) is 0 Å². The molecule has 0 fully saturated rings. The second-order valence-electron chi connectivity index (χ2n) is 1.66. The molecule has 4 nitrogen and oxygen atoms in total. The number of hydrogen-bond donors (Lipinski definition) is 2. The quantitative estimate of drug-likeness (QED) is 0.752. The first kappa shape index (κ1) is 17.1. The summed E-state index contributed by atoms with van der Waals surface area (Å²) in [6.45, 7) is 2.92. The average Bonchev–Trinajstić information content (AvgIpc) is 1.62. The van der Waals surface area contributed by atoms with Crippen LogP contribution in [0.3, 0.4) is 0 Å². The fourth-order valence-corrected chi connectivity index (χ4v) is 0.214. The molecule has 0 spiro atoms. The van der Waals surface area contributed by atoms with E-state index in [4.69, 9.17) is 15.0 Å². The zero-order chi connectivity index (χ0) is 8.57. The monoisotopic (exact) mass is 238 g/mol. The van der Waals surface area contributed by atoms with E-state index in [1.807, 2.05) is 6.92 Å². The van der Waals surface area contributed by atoms with Gasteiger partial charge in [0, 0.05) is 39.5 Å². The molecule has 11 heavy (non-hydrogen) atoms. The predicted octanol–water partition coefficient (Wildman–Crippen LogP) is 0.960. The molecule has 0 radical (unpaired) electrons. The van der Waals surface area contributed by atoms with Crippen LogP contribution in [0.25, 0.3) is 0 Å². The van der Waals surface area contributed by atoms with E-state index < -0.39 is 11.9 Å². The molecule has 0 amide bonds. The molecule has 0 aliphatic carbocycles. The van der Waals surface area contributed by atoms with Crippen molar-refractivity contribution in [2.75, 3.05) is 0 Å². The fourth-order valence-electron chi connectivity index (χ4n) is 0.214. The zero-order valence-electron chi connectivity index (χ0n) is 6.63. The van der Waals surface area contributed by atoms with Gasteiger partial charge >= 0.3 is 5.97 Å². The molecular weight excluding hydrogens is 227 g/mol. The molecule has 0 saturated heterocycles. The number of aliphatic carboxylic acids is 2. The Balaban J connectivity index is -0.000000114. The van der Waals surface area contributed by atoms with Crippen molar-refractivity contribution in [3.05, 3.63) is 0 Å². The van der Waals surface area contributed by atoms with Crippen LogP contribution in [0.4, 0.5) is 0 Å². The Kier molecular flexibility index (Phi) is 19.4. The van der Waals surface area contributed by atoms with Gasteiger partial charge < -0.3 is 10.2 Å². The molecule has 0 aromatic rings. The van der Waals surface area contributed by atoms with E-state index in [0.29, 0.717) is 6.42 Å². The summed E-state index contributed by atoms with van der Waals surface area (Å²) >= 11 is 0. The van der Waals surface area contributed by atoms with Crippen LogP contribution in [0.15, 0.2) is 0 Å². The Morgan fingerprint density at radius 2 is 1.55 bits per heavy atom. The smallest absolute Gasteiger partial charge is 0.303 e. The maximum Gasteiger partial charge on any atom is 0.303 e. The number of carboxylic acid groups (broad SMARTS) is 2. The van der Waals surface area contributed by atoms with Crippen LogP contribution in [-0.2, 0) is 35.8 Å². The van der Waals surface area contributed by atoms with Crippen LogP contribution in [0.2, 0.25) is 0 Å². The molecule has 0 unspecified atom stereocenters. The number of carbonyl (C=O) groups is 2.